The minimum Gasteiger partial charge on any atom is -0.389 e. The number of anilines is 1. The van der Waals surface area contributed by atoms with Crippen molar-refractivity contribution in [1.29, 1.82) is 0 Å². The van der Waals surface area contributed by atoms with Crippen molar-refractivity contribution in [2.75, 3.05) is 37.6 Å². The SMILES string of the molecule is OC1(CN2CCN(c3nccc(C(F)(F)F)n3)CC2)CCCC1. The van der Waals surface area contributed by atoms with Gasteiger partial charge in [0.1, 0.15) is 5.69 Å². The lowest BCUT2D eigenvalue weighted by molar-refractivity contribution is -0.141. The first-order valence-electron chi connectivity index (χ1n) is 7.96. The second-order valence-electron chi connectivity index (χ2n) is 6.43. The standard InChI is InChI=1S/C15H21F3N4O/c16-15(17,18)12-3-6-19-13(20-12)22-9-7-21(8-10-22)11-14(23)4-1-2-5-14/h3,6,23H,1-2,4-5,7-11H2. The summed E-state index contributed by atoms with van der Waals surface area (Å²) in [7, 11) is 0. The number of aromatic nitrogens is 2. The molecular weight excluding hydrogens is 309 g/mol. The fraction of sp³-hybridized carbons (Fsp3) is 0.733. The zero-order chi connectivity index (χ0) is 16.5. The van der Waals surface area contributed by atoms with E-state index in [-0.39, 0.29) is 5.95 Å². The molecule has 1 aliphatic carbocycles. The van der Waals surface area contributed by atoms with Crippen LogP contribution in [0, 0.1) is 0 Å². The Morgan fingerprint density at radius 3 is 2.39 bits per heavy atom. The number of rotatable bonds is 3. The highest BCUT2D eigenvalue weighted by molar-refractivity contribution is 5.31. The molecule has 2 fully saturated rings. The molecule has 3 rings (SSSR count). The van der Waals surface area contributed by atoms with Gasteiger partial charge in [0.2, 0.25) is 5.95 Å². The maximum atomic E-state index is 12.7. The van der Waals surface area contributed by atoms with E-state index in [0.29, 0.717) is 32.7 Å². The number of aliphatic hydroxyl groups is 1. The number of hydrogen-bond acceptors (Lipinski definition) is 5. The third kappa shape index (κ3) is 3.92. The summed E-state index contributed by atoms with van der Waals surface area (Å²) in [6.07, 6.45) is 0.501. The molecule has 0 unspecified atom stereocenters. The first-order valence-corrected chi connectivity index (χ1v) is 7.96. The Morgan fingerprint density at radius 2 is 1.78 bits per heavy atom. The molecule has 1 saturated heterocycles. The van der Waals surface area contributed by atoms with Crippen molar-refractivity contribution in [2.24, 2.45) is 0 Å². The predicted molar refractivity (Wildman–Crippen MR) is 79.1 cm³/mol. The molecule has 0 amide bonds. The van der Waals surface area contributed by atoms with Gasteiger partial charge in [-0.05, 0) is 18.9 Å². The van der Waals surface area contributed by atoms with E-state index in [4.69, 9.17) is 0 Å². The lowest BCUT2D eigenvalue weighted by Crippen LogP contribution is -2.51. The molecule has 2 heterocycles. The van der Waals surface area contributed by atoms with Crippen LogP contribution < -0.4 is 4.90 Å². The highest BCUT2D eigenvalue weighted by atomic mass is 19.4. The number of nitrogens with zero attached hydrogens (tertiary/aromatic N) is 4. The van der Waals surface area contributed by atoms with Gasteiger partial charge in [-0.15, -0.1) is 0 Å². The van der Waals surface area contributed by atoms with Crippen LogP contribution in [0.15, 0.2) is 12.3 Å². The summed E-state index contributed by atoms with van der Waals surface area (Å²) in [6.45, 7) is 3.17. The van der Waals surface area contributed by atoms with Crippen LogP contribution in [-0.4, -0.2) is 58.3 Å². The van der Waals surface area contributed by atoms with Crippen LogP contribution in [0.5, 0.6) is 0 Å². The molecule has 0 radical (unpaired) electrons. The zero-order valence-corrected chi connectivity index (χ0v) is 12.9. The molecule has 0 atom stereocenters. The van der Waals surface area contributed by atoms with Crippen molar-refractivity contribution in [1.82, 2.24) is 14.9 Å². The van der Waals surface area contributed by atoms with Gasteiger partial charge >= 0.3 is 6.18 Å². The van der Waals surface area contributed by atoms with Crippen molar-refractivity contribution in [2.45, 2.75) is 37.5 Å². The molecule has 0 bridgehead atoms. The maximum Gasteiger partial charge on any atom is 0.433 e. The topological polar surface area (TPSA) is 52.5 Å². The van der Waals surface area contributed by atoms with E-state index in [1.165, 1.54) is 0 Å². The monoisotopic (exact) mass is 330 g/mol. The molecule has 1 saturated carbocycles. The molecule has 128 valence electrons. The van der Waals surface area contributed by atoms with Gasteiger partial charge in [-0.3, -0.25) is 4.90 Å². The highest BCUT2D eigenvalue weighted by Crippen LogP contribution is 2.31. The van der Waals surface area contributed by atoms with Gasteiger partial charge < -0.3 is 10.0 Å². The quantitative estimate of drug-likeness (QED) is 0.918. The number of halogens is 3. The van der Waals surface area contributed by atoms with Crippen molar-refractivity contribution < 1.29 is 18.3 Å². The third-order valence-corrected chi connectivity index (χ3v) is 4.64. The third-order valence-electron chi connectivity index (χ3n) is 4.64. The number of hydrogen-bond donors (Lipinski definition) is 1. The molecule has 1 aliphatic heterocycles. The van der Waals surface area contributed by atoms with Crippen molar-refractivity contribution in [3.63, 3.8) is 0 Å². The summed E-state index contributed by atoms with van der Waals surface area (Å²) in [4.78, 5) is 11.5. The van der Waals surface area contributed by atoms with E-state index in [9.17, 15) is 18.3 Å². The van der Waals surface area contributed by atoms with Crippen LogP contribution >= 0.6 is 0 Å². The number of alkyl halides is 3. The van der Waals surface area contributed by atoms with Crippen LogP contribution in [0.4, 0.5) is 19.1 Å². The summed E-state index contributed by atoms with van der Waals surface area (Å²) >= 11 is 0. The summed E-state index contributed by atoms with van der Waals surface area (Å²) in [5.41, 5.74) is -1.50. The van der Waals surface area contributed by atoms with Gasteiger partial charge in [0.25, 0.3) is 0 Å². The van der Waals surface area contributed by atoms with E-state index in [1.807, 2.05) is 0 Å². The minimum atomic E-state index is -4.45. The zero-order valence-electron chi connectivity index (χ0n) is 12.9. The Labute approximate surface area is 133 Å². The van der Waals surface area contributed by atoms with E-state index in [1.54, 1.807) is 4.90 Å². The first-order chi connectivity index (χ1) is 10.9. The van der Waals surface area contributed by atoms with Crippen LogP contribution in [0.3, 0.4) is 0 Å². The Morgan fingerprint density at radius 1 is 1.13 bits per heavy atom. The van der Waals surface area contributed by atoms with E-state index < -0.39 is 17.5 Å². The van der Waals surface area contributed by atoms with Crippen LogP contribution in [0.1, 0.15) is 31.4 Å². The summed E-state index contributed by atoms with van der Waals surface area (Å²) in [5.74, 6) is 0.124. The summed E-state index contributed by atoms with van der Waals surface area (Å²) in [6, 6.07) is 0.884. The number of piperazine rings is 1. The van der Waals surface area contributed by atoms with Gasteiger partial charge in [-0.2, -0.15) is 13.2 Å². The second-order valence-corrected chi connectivity index (χ2v) is 6.43. The normalized spacial score (nSPS) is 22.5. The lowest BCUT2D eigenvalue weighted by atomic mass is 10.0. The van der Waals surface area contributed by atoms with Gasteiger partial charge in [0, 0.05) is 38.9 Å². The molecule has 1 aromatic rings. The Kier molecular flexibility index (Phi) is 4.46. The molecule has 23 heavy (non-hydrogen) atoms. The summed E-state index contributed by atoms with van der Waals surface area (Å²) in [5, 5.41) is 10.4. The van der Waals surface area contributed by atoms with Gasteiger partial charge in [-0.25, -0.2) is 9.97 Å². The van der Waals surface area contributed by atoms with Crippen LogP contribution in [0.25, 0.3) is 0 Å². The molecule has 1 aromatic heterocycles. The minimum absolute atomic E-state index is 0.124. The van der Waals surface area contributed by atoms with E-state index >= 15 is 0 Å². The number of β-amino-alcohol motifs (C(OH)–C–C–N with tert-alkyl or cyclic N) is 1. The molecular formula is C15H21F3N4O. The van der Waals surface area contributed by atoms with Gasteiger partial charge in [-0.1, -0.05) is 12.8 Å². The average Bonchev–Trinajstić information content (AvgIpc) is 2.94. The van der Waals surface area contributed by atoms with Crippen molar-refractivity contribution in [3.05, 3.63) is 18.0 Å². The first kappa shape index (κ1) is 16.4. The molecule has 1 N–H and O–H groups in total. The van der Waals surface area contributed by atoms with Crippen molar-refractivity contribution >= 4 is 5.95 Å². The van der Waals surface area contributed by atoms with Crippen LogP contribution in [-0.2, 0) is 6.18 Å². The Bertz CT molecular complexity index is 538. The Hall–Kier alpha value is -1.41. The smallest absolute Gasteiger partial charge is 0.389 e. The van der Waals surface area contributed by atoms with E-state index in [0.717, 1.165) is 37.9 Å². The van der Waals surface area contributed by atoms with Crippen LogP contribution in [0.2, 0.25) is 0 Å². The second kappa shape index (κ2) is 6.24. The summed E-state index contributed by atoms with van der Waals surface area (Å²) < 4.78 is 38.2. The highest BCUT2D eigenvalue weighted by Gasteiger charge is 2.35. The predicted octanol–water partition coefficient (Wildman–Crippen LogP) is 1.92. The van der Waals surface area contributed by atoms with E-state index in [2.05, 4.69) is 14.9 Å². The molecule has 5 nitrogen and oxygen atoms in total. The largest absolute Gasteiger partial charge is 0.433 e. The molecule has 2 aliphatic rings. The fourth-order valence-corrected chi connectivity index (χ4v) is 3.37. The maximum absolute atomic E-state index is 12.7. The average molecular weight is 330 g/mol. The fourth-order valence-electron chi connectivity index (χ4n) is 3.37. The lowest BCUT2D eigenvalue weighted by Gasteiger charge is -2.38. The van der Waals surface area contributed by atoms with Crippen molar-refractivity contribution in [3.8, 4) is 0 Å². The van der Waals surface area contributed by atoms with Gasteiger partial charge in [0.15, 0.2) is 0 Å². The molecule has 0 spiro atoms. The van der Waals surface area contributed by atoms with Gasteiger partial charge in [0.05, 0.1) is 5.60 Å². The Balaban J connectivity index is 1.59. The molecule has 8 heteroatoms. The molecule has 0 aromatic carbocycles.